The Morgan fingerprint density at radius 2 is 2.05 bits per heavy atom. The fourth-order valence-corrected chi connectivity index (χ4v) is 1.85. The van der Waals surface area contributed by atoms with Crippen LogP contribution in [-0.4, -0.2) is 22.6 Å². The topological polar surface area (TPSA) is 124 Å². The van der Waals surface area contributed by atoms with E-state index in [4.69, 9.17) is 11.0 Å². The van der Waals surface area contributed by atoms with E-state index in [1.165, 1.54) is 42.1 Å². The highest BCUT2D eigenvalue weighted by Gasteiger charge is 2.21. The second-order valence-corrected chi connectivity index (χ2v) is 4.05. The number of nitro benzene ring substituents is 1. The lowest BCUT2D eigenvalue weighted by atomic mass is 10.2. The van der Waals surface area contributed by atoms with E-state index in [0.29, 0.717) is 5.69 Å². The van der Waals surface area contributed by atoms with Crippen LogP contribution in [0, 0.1) is 21.4 Å². The third kappa shape index (κ3) is 2.40. The number of rotatable bonds is 3. The first kappa shape index (κ1) is 14.1. The van der Waals surface area contributed by atoms with Gasteiger partial charge in [0.15, 0.2) is 5.69 Å². The molecule has 0 aliphatic carbocycles. The Morgan fingerprint density at radius 3 is 2.52 bits per heavy atom. The molecule has 8 heteroatoms. The molecule has 0 saturated carbocycles. The summed E-state index contributed by atoms with van der Waals surface area (Å²) in [5, 5.41) is 19.6. The molecule has 21 heavy (non-hydrogen) atoms. The van der Waals surface area contributed by atoms with Gasteiger partial charge in [0.05, 0.1) is 23.3 Å². The number of carbonyl (C=O) groups is 1. The van der Waals surface area contributed by atoms with Gasteiger partial charge in [-0.3, -0.25) is 10.1 Å². The number of carbonyl (C=O) groups excluding carboxylic acids is 1. The summed E-state index contributed by atoms with van der Waals surface area (Å²) in [6.45, 7) is 0. The second kappa shape index (κ2) is 5.34. The van der Waals surface area contributed by atoms with Gasteiger partial charge >= 0.3 is 5.97 Å². The Bertz CT molecular complexity index is 756. The van der Waals surface area contributed by atoms with E-state index >= 15 is 0 Å². The molecule has 0 fully saturated rings. The average Bonchev–Trinajstić information content (AvgIpc) is 2.83. The summed E-state index contributed by atoms with van der Waals surface area (Å²) >= 11 is 0. The Kier molecular flexibility index (Phi) is 3.58. The quantitative estimate of drug-likeness (QED) is 0.519. The number of benzene rings is 1. The van der Waals surface area contributed by atoms with E-state index in [1.807, 2.05) is 6.07 Å². The minimum Gasteiger partial charge on any atom is -0.464 e. The van der Waals surface area contributed by atoms with Crippen LogP contribution in [0.15, 0.2) is 30.5 Å². The molecule has 1 aromatic heterocycles. The summed E-state index contributed by atoms with van der Waals surface area (Å²) in [4.78, 5) is 21.9. The predicted molar refractivity (Wildman–Crippen MR) is 72.9 cm³/mol. The molecule has 0 spiro atoms. The summed E-state index contributed by atoms with van der Waals surface area (Å²) in [5.41, 5.74) is 6.25. The van der Waals surface area contributed by atoms with Gasteiger partial charge in [-0.1, -0.05) is 0 Å². The van der Waals surface area contributed by atoms with Gasteiger partial charge in [0.1, 0.15) is 6.07 Å². The van der Waals surface area contributed by atoms with Crippen molar-refractivity contribution in [3.05, 3.63) is 51.8 Å². The number of hydrogen-bond acceptors (Lipinski definition) is 6. The van der Waals surface area contributed by atoms with Gasteiger partial charge in [0.25, 0.3) is 5.69 Å². The summed E-state index contributed by atoms with van der Waals surface area (Å²) in [6.07, 6.45) is 1.38. The van der Waals surface area contributed by atoms with Gasteiger partial charge in [-0.25, -0.2) is 4.79 Å². The zero-order chi connectivity index (χ0) is 15.6. The van der Waals surface area contributed by atoms with Gasteiger partial charge in [-0.2, -0.15) is 5.26 Å². The lowest BCUT2D eigenvalue weighted by Gasteiger charge is -2.08. The van der Waals surface area contributed by atoms with Crippen molar-refractivity contribution in [3.8, 4) is 11.8 Å². The Morgan fingerprint density at radius 1 is 1.43 bits per heavy atom. The molecule has 2 rings (SSSR count). The summed E-state index contributed by atoms with van der Waals surface area (Å²) in [6, 6.07) is 7.35. The molecular weight excluding hydrogens is 276 g/mol. The van der Waals surface area contributed by atoms with Crippen molar-refractivity contribution in [2.75, 3.05) is 12.8 Å². The molecule has 0 radical (unpaired) electrons. The smallest absolute Gasteiger partial charge is 0.357 e. The van der Waals surface area contributed by atoms with Crippen molar-refractivity contribution in [1.29, 1.82) is 5.26 Å². The van der Waals surface area contributed by atoms with E-state index < -0.39 is 10.9 Å². The average molecular weight is 286 g/mol. The lowest BCUT2D eigenvalue weighted by Crippen LogP contribution is -2.11. The maximum Gasteiger partial charge on any atom is 0.357 e. The summed E-state index contributed by atoms with van der Waals surface area (Å²) in [5.74, 6) is -0.702. The number of esters is 1. The van der Waals surface area contributed by atoms with Crippen LogP contribution in [0.3, 0.4) is 0 Å². The summed E-state index contributed by atoms with van der Waals surface area (Å²) < 4.78 is 6.01. The van der Waals surface area contributed by atoms with Gasteiger partial charge in [0.2, 0.25) is 0 Å². The number of nitriles is 1. The maximum absolute atomic E-state index is 11.8. The third-order valence-electron chi connectivity index (χ3n) is 2.88. The number of hydrogen-bond donors (Lipinski definition) is 1. The normalized spacial score (nSPS) is 9.90. The van der Waals surface area contributed by atoms with Crippen molar-refractivity contribution >= 4 is 17.3 Å². The maximum atomic E-state index is 11.8. The number of aromatic nitrogens is 1. The standard InChI is InChI=1S/C13H10N4O4/c1-21-13(18)12-11(15)8(6-14)7-16(12)9-2-4-10(5-3-9)17(19)20/h2-5,7H,15H2,1H3. The number of non-ortho nitro benzene ring substituents is 1. The molecule has 106 valence electrons. The first-order chi connectivity index (χ1) is 9.99. The second-order valence-electron chi connectivity index (χ2n) is 4.05. The van der Waals surface area contributed by atoms with Crippen molar-refractivity contribution in [2.45, 2.75) is 0 Å². The SMILES string of the molecule is COC(=O)c1c(N)c(C#N)cn1-c1ccc([N+](=O)[O-])cc1. The molecule has 0 aliphatic rings. The molecule has 0 atom stereocenters. The number of nitrogen functional groups attached to an aromatic ring is 1. The van der Waals surface area contributed by atoms with Crippen LogP contribution in [0.2, 0.25) is 0 Å². The van der Waals surface area contributed by atoms with E-state index in [1.54, 1.807) is 0 Å². The fourth-order valence-electron chi connectivity index (χ4n) is 1.85. The number of nitro groups is 1. The minimum absolute atomic E-state index is 0.00250. The molecule has 0 aliphatic heterocycles. The highest BCUT2D eigenvalue weighted by atomic mass is 16.6. The minimum atomic E-state index is -0.702. The number of nitrogens with two attached hydrogens (primary N) is 1. The van der Waals surface area contributed by atoms with Gasteiger partial charge < -0.3 is 15.0 Å². The molecule has 2 N–H and O–H groups in total. The van der Waals surface area contributed by atoms with Crippen LogP contribution >= 0.6 is 0 Å². The number of anilines is 1. The summed E-state index contributed by atoms with van der Waals surface area (Å²) in [7, 11) is 1.20. The van der Waals surface area contributed by atoms with Gasteiger partial charge in [-0.05, 0) is 12.1 Å². The number of nitrogens with zero attached hydrogens (tertiary/aromatic N) is 3. The molecular formula is C13H10N4O4. The van der Waals surface area contributed by atoms with Crippen molar-refractivity contribution in [3.63, 3.8) is 0 Å². The molecule has 1 heterocycles. The van der Waals surface area contributed by atoms with Gasteiger partial charge in [0, 0.05) is 24.0 Å². The lowest BCUT2D eigenvalue weighted by molar-refractivity contribution is -0.384. The van der Waals surface area contributed by atoms with Crippen molar-refractivity contribution in [1.82, 2.24) is 4.57 Å². The molecule has 0 unspecified atom stereocenters. The van der Waals surface area contributed by atoms with Crippen molar-refractivity contribution < 1.29 is 14.5 Å². The zero-order valence-electron chi connectivity index (χ0n) is 10.9. The first-order valence-electron chi connectivity index (χ1n) is 5.73. The predicted octanol–water partition coefficient (Wildman–Crippen LogP) is 1.63. The van der Waals surface area contributed by atoms with E-state index in [9.17, 15) is 14.9 Å². The molecule has 1 aromatic carbocycles. The monoisotopic (exact) mass is 286 g/mol. The largest absolute Gasteiger partial charge is 0.464 e. The van der Waals surface area contributed by atoms with Crippen LogP contribution < -0.4 is 5.73 Å². The first-order valence-corrected chi connectivity index (χ1v) is 5.73. The molecule has 2 aromatic rings. The van der Waals surface area contributed by atoms with Crippen LogP contribution in [-0.2, 0) is 4.74 Å². The number of methoxy groups -OCH3 is 1. The Hall–Kier alpha value is -3.34. The highest BCUT2D eigenvalue weighted by molar-refractivity contribution is 5.95. The molecule has 0 saturated heterocycles. The van der Waals surface area contributed by atoms with Crippen LogP contribution in [0.4, 0.5) is 11.4 Å². The van der Waals surface area contributed by atoms with Gasteiger partial charge in [-0.15, -0.1) is 0 Å². The molecule has 0 amide bonds. The molecule has 8 nitrogen and oxygen atoms in total. The fraction of sp³-hybridized carbons (Fsp3) is 0.0769. The van der Waals surface area contributed by atoms with Crippen LogP contribution in [0.1, 0.15) is 16.1 Å². The Balaban J connectivity index is 2.60. The van der Waals surface area contributed by atoms with Crippen molar-refractivity contribution in [2.24, 2.45) is 0 Å². The highest BCUT2D eigenvalue weighted by Crippen LogP contribution is 2.25. The zero-order valence-corrected chi connectivity index (χ0v) is 10.9. The number of ether oxygens (including phenoxy) is 1. The Labute approximate surface area is 119 Å². The van der Waals surface area contributed by atoms with Crippen LogP contribution in [0.5, 0.6) is 0 Å². The van der Waals surface area contributed by atoms with E-state index in [2.05, 4.69) is 4.74 Å². The van der Waals surface area contributed by atoms with E-state index in [0.717, 1.165) is 0 Å². The third-order valence-corrected chi connectivity index (χ3v) is 2.88. The molecule has 0 bridgehead atoms. The van der Waals surface area contributed by atoms with Crippen LogP contribution in [0.25, 0.3) is 5.69 Å². The van der Waals surface area contributed by atoms with E-state index in [-0.39, 0.29) is 22.6 Å².